The molecule has 0 heterocycles. The van der Waals surface area contributed by atoms with Gasteiger partial charge in [-0.2, -0.15) is 0 Å². The van der Waals surface area contributed by atoms with Gasteiger partial charge in [0.25, 0.3) is 0 Å². The molecule has 0 amide bonds. The predicted molar refractivity (Wildman–Crippen MR) is 72.7 cm³/mol. The molecule has 0 atom stereocenters. The molecule has 4 nitrogen and oxygen atoms in total. The van der Waals surface area contributed by atoms with Crippen molar-refractivity contribution in [3.63, 3.8) is 0 Å². The van der Waals surface area contributed by atoms with Crippen molar-refractivity contribution in [1.82, 2.24) is 4.72 Å². The van der Waals surface area contributed by atoms with E-state index < -0.39 is 15.8 Å². The first-order valence-corrected chi connectivity index (χ1v) is 7.77. The minimum Gasteiger partial charge on any atom is -0.399 e. The highest BCUT2D eigenvalue weighted by Gasteiger charge is 2.33. The molecule has 0 aromatic heterocycles. The second kappa shape index (κ2) is 4.76. The summed E-state index contributed by atoms with van der Waals surface area (Å²) in [6.07, 6.45) is 3.16. The van der Waals surface area contributed by atoms with Crippen molar-refractivity contribution in [2.24, 2.45) is 5.41 Å². The second-order valence-corrected chi connectivity index (χ2v) is 7.35. The van der Waals surface area contributed by atoms with E-state index in [0.717, 1.165) is 25.3 Å². The molecular weight excluding hydrogens is 267 g/mol. The molecule has 106 valence electrons. The fraction of sp³-hybridized carbons (Fsp3) is 0.538. The Labute approximate surface area is 113 Å². The van der Waals surface area contributed by atoms with Crippen LogP contribution in [0.1, 0.15) is 31.7 Å². The summed E-state index contributed by atoms with van der Waals surface area (Å²) in [6.45, 7) is 3.87. The van der Waals surface area contributed by atoms with Gasteiger partial charge in [-0.05, 0) is 37.3 Å². The highest BCUT2D eigenvalue weighted by atomic mass is 32.2. The van der Waals surface area contributed by atoms with Gasteiger partial charge in [0.1, 0.15) is 5.82 Å². The van der Waals surface area contributed by atoms with Gasteiger partial charge in [-0.25, -0.2) is 17.5 Å². The van der Waals surface area contributed by atoms with Gasteiger partial charge in [0, 0.05) is 17.8 Å². The Morgan fingerprint density at radius 1 is 1.42 bits per heavy atom. The summed E-state index contributed by atoms with van der Waals surface area (Å²) >= 11 is 0. The fourth-order valence-corrected chi connectivity index (χ4v) is 3.74. The van der Waals surface area contributed by atoms with Gasteiger partial charge in [0.2, 0.25) is 10.0 Å². The summed E-state index contributed by atoms with van der Waals surface area (Å²) in [5.74, 6) is -0.602. The Bertz CT molecular complexity index is 595. The largest absolute Gasteiger partial charge is 0.399 e. The number of sulfonamides is 1. The summed E-state index contributed by atoms with van der Waals surface area (Å²) in [6, 6.07) is 2.42. The summed E-state index contributed by atoms with van der Waals surface area (Å²) in [4.78, 5) is -0.0760. The quantitative estimate of drug-likeness (QED) is 0.833. The Balaban J connectivity index is 2.24. The smallest absolute Gasteiger partial charge is 0.241 e. The normalized spacial score (nSPS) is 18.1. The maximum absolute atomic E-state index is 13.5. The van der Waals surface area contributed by atoms with E-state index in [4.69, 9.17) is 5.73 Å². The first-order valence-electron chi connectivity index (χ1n) is 6.29. The van der Waals surface area contributed by atoms with Crippen LogP contribution in [-0.2, 0) is 10.0 Å². The Hall–Kier alpha value is -1.14. The molecule has 1 aliphatic rings. The molecule has 1 saturated carbocycles. The van der Waals surface area contributed by atoms with E-state index in [2.05, 4.69) is 4.72 Å². The molecule has 1 aliphatic carbocycles. The highest BCUT2D eigenvalue weighted by Crippen LogP contribution is 2.39. The van der Waals surface area contributed by atoms with Crippen molar-refractivity contribution in [2.45, 2.75) is 38.0 Å². The van der Waals surface area contributed by atoms with Crippen molar-refractivity contribution in [1.29, 1.82) is 0 Å². The lowest BCUT2D eigenvalue weighted by atomic mass is 9.71. The van der Waals surface area contributed by atoms with Crippen molar-refractivity contribution in [3.8, 4) is 0 Å². The standard InChI is InChI=1S/C13H19FN2O2S/c1-9-11(14)6-10(15)7-12(9)19(17,18)16-8-13(2)4-3-5-13/h6-7,16H,3-5,8,15H2,1-2H3. The molecule has 0 unspecified atom stereocenters. The van der Waals surface area contributed by atoms with Gasteiger partial charge >= 0.3 is 0 Å². The first kappa shape index (κ1) is 14.3. The van der Waals surface area contributed by atoms with Crippen LogP contribution in [0.2, 0.25) is 0 Å². The van der Waals surface area contributed by atoms with E-state index in [1.165, 1.54) is 13.0 Å². The number of benzene rings is 1. The topological polar surface area (TPSA) is 72.2 Å². The minimum absolute atomic E-state index is 0.0276. The SMILES string of the molecule is Cc1c(F)cc(N)cc1S(=O)(=O)NCC1(C)CCC1. The molecule has 0 saturated heterocycles. The summed E-state index contributed by atoms with van der Waals surface area (Å²) in [5, 5.41) is 0. The average Bonchev–Trinajstić information content (AvgIpc) is 2.28. The Kier molecular flexibility index (Phi) is 3.57. The summed E-state index contributed by atoms with van der Waals surface area (Å²) in [5.41, 5.74) is 5.75. The number of nitrogens with one attached hydrogen (secondary N) is 1. The van der Waals surface area contributed by atoms with Crippen LogP contribution in [-0.4, -0.2) is 15.0 Å². The van der Waals surface area contributed by atoms with Crippen LogP contribution in [0.5, 0.6) is 0 Å². The molecule has 1 aromatic rings. The van der Waals surface area contributed by atoms with Crippen LogP contribution in [0.3, 0.4) is 0 Å². The summed E-state index contributed by atoms with van der Waals surface area (Å²) in [7, 11) is -3.72. The zero-order chi connectivity index (χ0) is 14.3. The number of nitrogen functional groups attached to an aromatic ring is 1. The van der Waals surface area contributed by atoms with Crippen molar-refractivity contribution < 1.29 is 12.8 Å². The van der Waals surface area contributed by atoms with Gasteiger partial charge < -0.3 is 5.73 Å². The molecule has 0 spiro atoms. The van der Waals surface area contributed by atoms with Crippen molar-refractivity contribution in [3.05, 3.63) is 23.5 Å². The van der Waals surface area contributed by atoms with E-state index in [-0.39, 0.29) is 21.6 Å². The van der Waals surface area contributed by atoms with Gasteiger partial charge in [-0.15, -0.1) is 0 Å². The van der Waals surface area contributed by atoms with Gasteiger partial charge in [0.15, 0.2) is 0 Å². The number of hydrogen-bond donors (Lipinski definition) is 2. The molecule has 2 rings (SSSR count). The molecule has 1 fully saturated rings. The zero-order valence-electron chi connectivity index (χ0n) is 11.2. The second-order valence-electron chi connectivity index (χ2n) is 5.61. The zero-order valence-corrected chi connectivity index (χ0v) is 12.0. The lowest BCUT2D eigenvalue weighted by Gasteiger charge is -2.38. The van der Waals surface area contributed by atoms with Crippen LogP contribution < -0.4 is 10.5 Å². The average molecular weight is 286 g/mol. The van der Waals surface area contributed by atoms with Crippen LogP contribution in [0.15, 0.2) is 17.0 Å². The third-order valence-electron chi connectivity index (χ3n) is 3.86. The van der Waals surface area contributed by atoms with Crippen molar-refractivity contribution in [2.75, 3.05) is 12.3 Å². The third-order valence-corrected chi connectivity index (χ3v) is 5.39. The van der Waals surface area contributed by atoms with Gasteiger partial charge in [-0.3, -0.25) is 0 Å². The van der Waals surface area contributed by atoms with E-state index >= 15 is 0 Å². The predicted octanol–water partition coefficient (Wildman–Crippen LogP) is 2.18. The highest BCUT2D eigenvalue weighted by molar-refractivity contribution is 7.89. The number of rotatable bonds is 4. The third kappa shape index (κ3) is 2.90. The summed E-state index contributed by atoms with van der Waals surface area (Å²) < 4.78 is 40.5. The fourth-order valence-electron chi connectivity index (χ4n) is 2.26. The van der Waals surface area contributed by atoms with E-state index in [9.17, 15) is 12.8 Å². The Morgan fingerprint density at radius 3 is 2.58 bits per heavy atom. The molecule has 0 aliphatic heterocycles. The molecular formula is C13H19FN2O2S. The lowest BCUT2D eigenvalue weighted by molar-refractivity contribution is 0.166. The van der Waals surface area contributed by atoms with E-state index in [0.29, 0.717) is 6.54 Å². The first-order chi connectivity index (χ1) is 8.73. The number of halogens is 1. The Morgan fingerprint density at radius 2 is 2.05 bits per heavy atom. The van der Waals surface area contributed by atoms with E-state index in [1.54, 1.807) is 0 Å². The van der Waals surface area contributed by atoms with Crippen LogP contribution in [0.4, 0.5) is 10.1 Å². The lowest BCUT2D eigenvalue weighted by Crippen LogP contribution is -2.40. The molecule has 1 aromatic carbocycles. The minimum atomic E-state index is -3.72. The van der Waals surface area contributed by atoms with Crippen LogP contribution in [0.25, 0.3) is 0 Å². The molecule has 19 heavy (non-hydrogen) atoms. The maximum Gasteiger partial charge on any atom is 0.241 e. The molecule has 6 heteroatoms. The molecule has 0 radical (unpaired) electrons. The number of anilines is 1. The van der Waals surface area contributed by atoms with Gasteiger partial charge in [0.05, 0.1) is 4.90 Å². The maximum atomic E-state index is 13.5. The van der Waals surface area contributed by atoms with E-state index in [1.807, 2.05) is 6.92 Å². The van der Waals surface area contributed by atoms with Crippen molar-refractivity contribution >= 4 is 15.7 Å². The van der Waals surface area contributed by atoms with Crippen LogP contribution >= 0.6 is 0 Å². The monoisotopic (exact) mass is 286 g/mol. The molecule has 3 N–H and O–H groups in total. The van der Waals surface area contributed by atoms with Gasteiger partial charge in [-0.1, -0.05) is 13.3 Å². The van der Waals surface area contributed by atoms with Crippen LogP contribution in [0, 0.1) is 18.2 Å². The number of hydrogen-bond acceptors (Lipinski definition) is 3. The molecule has 0 bridgehead atoms. The number of nitrogens with two attached hydrogens (primary N) is 1.